The van der Waals surface area contributed by atoms with Gasteiger partial charge in [-0.05, 0) is 26.0 Å². The smallest absolute Gasteiger partial charge is 0.185 e. The molecule has 2 aromatic rings. The van der Waals surface area contributed by atoms with Crippen molar-refractivity contribution in [2.24, 2.45) is 0 Å². The van der Waals surface area contributed by atoms with Crippen molar-refractivity contribution in [3.63, 3.8) is 0 Å². The van der Waals surface area contributed by atoms with E-state index in [-0.39, 0.29) is 0 Å². The topological polar surface area (TPSA) is 16.1 Å². The highest BCUT2D eigenvalue weighted by Gasteiger charge is 2.08. The summed E-state index contributed by atoms with van der Waals surface area (Å²) in [6.45, 7) is 6.27. The van der Waals surface area contributed by atoms with E-state index in [1.165, 1.54) is 0 Å². The van der Waals surface area contributed by atoms with Crippen LogP contribution in [0.25, 0.3) is 11.3 Å². The number of hydrogen-bond donors (Lipinski definition) is 0. The lowest BCUT2D eigenvalue weighted by Gasteiger charge is -2.16. The summed E-state index contributed by atoms with van der Waals surface area (Å²) in [4.78, 5) is 6.91. The van der Waals surface area contributed by atoms with Gasteiger partial charge in [0.15, 0.2) is 5.13 Å². The van der Waals surface area contributed by atoms with Gasteiger partial charge in [-0.15, -0.1) is 11.3 Å². The second-order valence-electron chi connectivity index (χ2n) is 3.69. The third kappa shape index (κ3) is 2.79. The molecule has 0 N–H and O–H groups in total. The first-order chi connectivity index (χ1) is 8.24. The molecule has 2 nitrogen and oxygen atoms in total. The van der Waals surface area contributed by atoms with Gasteiger partial charge in [-0.1, -0.05) is 23.7 Å². The molecule has 2 rings (SSSR count). The van der Waals surface area contributed by atoms with Crippen molar-refractivity contribution in [3.05, 3.63) is 34.7 Å². The van der Waals surface area contributed by atoms with Crippen LogP contribution in [-0.2, 0) is 0 Å². The third-order valence-electron chi connectivity index (χ3n) is 2.67. The van der Waals surface area contributed by atoms with Crippen molar-refractivity contribution in [3.8, 4) is 11.3 Å². The van der Waals surface area contributed by atoms with E-state index in [4.69, 9.17) is 11.6 Å². The van der Waals surface area contributed by atoms with E-state index >= 15 is 0 Å². The lowest BCUT2D eigenvalue weighted by molar-refractivity contribution is 0.860. The molecule has 0 aliphatic heterocycles. The van der Waals surface area contributed by atoms with Crippen molar-refractivity contribution < 1.29 is 0 Å². The van der Waals surface area contributed by atoms with E-state index in [9.17, 15) is 0 Å². The minimum absolute atomic E-state index is 0.757. The van der Waals surface area contributed by atoms with Crippen LogP contribution in [0.2, 0.25) is 5.02 Å². The molecular formula is C13H15ClN2S. The molecule has 0 radical (unpaired) electrons. The first-order valence-corrected chi connectivity index (χ1v) is 6.96. The number of aromatic nitrogens is 1. The summed E-state index contributed by atoms with van der Waals surface area (Å²) >= 11 is 7.56. The number of rotatable bonds is 4. The van der Waals surface area contributed by atoms with Crippen molar-refractivity contribution in [1.82, 2.24) is 4.98 Å². The fourth-order valence-corrected chi connectivity index (χ4v) is 2.75. The summed E-state index contributed by atoms with van der Waals surface area (Å²) in [5, 5.41) is 3.93. The van der Waals surface area contributed by atoms with Gasteiger partial charge in [0.1, 0.15) is 0 Å². The van der Waals surface area contributed by atoms with Gasteiger partial charge in [0.25, 0.3) is 0 Å². The minimum Gasteiger partial charge on any atom is -0.349 e. The van der Waals surface area contributed by atoms with Gasteiger partial charge in [-0.2, -0.15) is 0 Å². The Balaban J connectivity index is 2.26. The Morgan fingerprint density at radius 2 is 1.82 bits per heavy atom. The van der Waals surface area contributed by atoms with Crippen molar-refractivity contribution in [2.45, 2.75) is 13.8 Å². The molecule has 0 aliphatic rings. The Morgan fingerprint density at radius 1 is 1.18 bits per heavy atom. The van der Waals surface area contributed by atoms with Crippen molar-refractivity contribution in [2.75, 3.05) is 18.0 Å². The van der Waals surface area contributed by atoms with Crippen LogP contribution in [0, 0.1) is 0 Å². The van der Waals surface area contributed by atoms with Crippen LogP contribution in [0.5, 0.6) is 0 Å². The Labute approximate surface area is 111 Å². The van der Waals surface area contributed by atoms with E-state index in [1.54, 1.807) is 11.3 Å². The molecule has 1 aromatic carbocycles. The monoisotopic (exact) mass is 266 g/mol. The largest absolute Gasteiger partial charge is 0.349 e. The Kier molecular flexibility index (Phi) is 4.02. The SMILES string of the molecule is CCN(CC)c1nc(-c2ccc(Cl)cc2)cs1. The molecular weight excluding hydrogens is 252 g/mol. The molecule has 0 aliphatic carbocycles. The number of halogens is 1. The van der Waals surface area contributed by atoms with Crippen molar-refractivity contribution >= 4 is 28.1 Å². The van der Waals surface area contributed by atoms with Crippen LogP contribution >= 0.6 is 22.9 Å². The first-order valence-electron chi connectivity index (χ1n) is 5.71. The normalized spacial score (nSPS) is 10.5. The summed E-state index contributed by atoms with van der Waals surface area (Å²) in [5.74, 6) is 0. The van der Waals surface area contributed by atoms with Gasteiger partial charge in [0, 0.05) is 29.1 Å². The van der Waals surface area contributed by atoms with Crippen LogP contribution in [0.3, 0.4) is 0 Å². The van der Waals surface area contributed by atoms with Gasteiger partial charge in [0.2, 0.25) is 0 Å². The summed E-state index contributed by atoms with van der Waals surface area (Å²) in [5.41, 5.74) is 2.14. The highest BCUT2D eigenvalue weighted by molar-refractivity contribution is 7.14. The Morgan fingerprint density at radius 3 is 2.41 bits per heavy atom. The number of nitrogens with zero attached hydrogens (tertiary/aromatic N) is 2. The molecule has 17 heavy (non-hydrogen) atoms. The summed E-state index contributed by atoms with van der Waals surface area (Å²) in [6, 6.07) is 7.80. The van der Waals surface area contributed by atoms with Crippen LogP contribution in [-0.4, -0.2) is 18.1 Å². The lowest BCUT2D eigenvalue weighted by Crippen LogP contribution is -2.21. The predicted octanol–water partition coefficient (Wildman–Crippen LogP) is 4.31. The Bertz CT molecular complexity index is 474. The van der Waals surface area contributed by atoms with E-state index in [2.05, 4.69) is 29.1 Å². The molecule has 0 saturated carbocycles. The fraction of sp³-hybridized carbons (Fsp3) is 0.308. The maximum atomic E-state index is 5.87. The van der Waals surface area contributed by atoms with Gasteiger partial charge in [-0.3, -0.25) is 0 Å². The third-order valence-corrected chi connectivity index (χ3v) is 3.82. The van der Waals surface area contributed by atoms with Crippen LogP contribution in [0.15, 0.2) is 29.6 Å². The number of hydrogen-bond acceptors (Lipinski definition) is 3. The average Bonchev–Trinajstić information content (AvgIpc) is 2.81. The van der Waals surface area contributed by atoms with Crippen LogP contribution in [0.4, 0.5) is 5.13 Å². The summed E-state index contributed by atoms with van der Waals surface area (Å²) in [7, 11) is 0. The fourth-order valence-electron chi connectivity index (χ4n) is 1.66. The highest BCUT2D eigenvalue weighted by atomic mass is 35.5. The number of thiazole rings is 1. The molecule has 0 atom stereocenters. The van der Waals surface area contributed by atoms with Gasteiger partial charge in [-0.25, -0.2) is 4.98 Å². The predicted molar refractivity (Wildman–Crippen MR) is 76.1 cm³/mol. The molecule has 0 fully saturated rings. The molecule has 0 saturated heterocycles. The van der Waals surface area contributed by atoms with E-state index in [1.807, 2.05) is 24.3 Å². The minimum atomic E-state index is 0.757. The average molecular weight is 267 g/mol. The van der Waals surface area contributed by atoms with E-state index in [0.29, 0.717) is 0 Å². The second kappa shape index (κ2) is 5.52. The molecule has 1 heterocycles. The summed E-state index contributed by atoms with van der Waals surface area (Å²) < 4.78 is 0. The van der Waals surface area contributed by atoms with Gasteiger partial charge >= 0.3 is 0 Å². The molecule has 0 unspecified atom stereocenters. The molecule has 90 valence electrons. The van der Waals surface area contributed by atoms with Gasteiger partial charge in [0.05, 0.1) is 5.69 Å². The van der Waals surface area contributed by atoms with Crippen molar-refractivity contribution in [1.29, 1.82) is 0 Å². The molecule has 0 spiro atoms. The van der Waals surface area contributed by atoms with Crippen LogP contribution < -0.4 is 4.90 Å². The zero-order valence-electron chi connectivity index (χ0n) is 9.98. The van der Waals surface area contributed by atoms with E-state index in [0.717, 1.165) is 34.5 Å². The Hall–Kier alpha value is -1.06. The standard InChI is InChI=1S/C13H15ClN2S/c1-3-16(4-2)13-15-12(9-17-13)10-5-7-11(14)8-6-10/h5-9H,3-4H2,1-2H3. The van der Waals surface area contributed by atoms with Gasteiger partial charge < -0.3 is 4.90 Å². The maximum absolute atomic E-state index is 5.87. The molecule has 0 amide bonds. The summed E-state index contributed by atoms with van der Waals surface area (Å²) in [6.07, 6.45) is 0. The highest BCUT2D eigenvalue weighted by Crippen LogP contribution is 2.27. The van der Waals surface area contributed by atoms with Crippen LogP contribution in [0.1, 0.15) is 13.8 Å². The lowest BCUT2D eigenvalue weighted by atomic mass is 10.2. The van der Waals surface area contributed by atoms with E-state index < -0.39 is 0 Å². The zero-order valence-corrected chi connectivity index (χ0v) is 11.6. The molecule has 0 bridgehead atoms. The molecule has 4 heteroatoms. The quantitative estimate of drug-likeness (QED) is 0.820. The number of benzene rings is 1. The second-order valence-corrected chi connectivity index (χ2v) is 4.97. The maximum Gasteiger partial charge on any atom is 0.185 e. The zero-order chi connectivity index (χ0) is 12.3. The number of anilines is 1. The first kappa shape index (κ1) is 12.4. The molecule has 1 aromatic heterocycles.